The van der Waals surface area contributed by atoms with Crippen LogP contribution in [-0.2, 0) is 9.59 Å². The van der Waals surface area contributed by atoms with Gasteiger partial charge in [-0.3, -0.25) is 4.79 Å². The Bertz CT molecular complexity index is 385. The van der Waals surface area contributed by atoms with Crippen LogP contribution in [0.3, 0.4) is 0 Å². The molecule has 14 heavy (non-hydrogen) atoms. The minimum atomic E-state index is -0.876. The quantitative estimate of drug-likeness (QED) is 0.466. The van der Waals surface area contributed by atoms with E-state index < -0.39 is 5.97 Å². The lowest BCUT2D eigenvalue weighted by atomic mass is 10.3. The maximum atomic E-state index is 10.3. The highest BCUT2D eigenvalue weighted by Gasteiger charge is 1.99. The fourth-order valence-electron chi connectivity index (χ4n) is 0.841. The molecule has 72 valence electrons. The van der Waals surface area contributed by atoms with Crippen LogP contribution < -0.4 is 0 Å². The van der Waals surface area contributed by atoms with Gasteiger partial charge < -0.3 is 5.11 Å². The number of isocyanates is 1. The molecule has 4 nitrogen and oxygen atoms in total. The van der Waals surface area contributed by atoms with E-state index in [9.17, 15) is 9.59 Å². The molecule has 1 rings (SSSR count). The number of aliphatic carboxylic acids is 1. The molecule has 0 bridgehead atoms. The maximum absolute atomic E-state index is 10.3. The topological polar surface area (TPSA) is 66.7 Å². The molecular weight excluding hydrogens is 202 g/mol. The fourth-order valence-corrected chi connectivity index (χ4v) is 1.51. The van der Waals surface area contributed by atoms with Crippen LogP contribution in [0, 0.1) is 0 Å². The van der Waals surface area contributed by atoms with Crippen LogP contribution in [0.5, 0.6) is 0 Å². The fraction of sp³-hybridized carbons (Fsp3) is 0.111. The Hall–Kier alpha value is -1.58. The van der Waals surface area contributed by atoms with E-state index in [1.807, 2.05) is 0 Å². The third-order valence-electron chi connectivity index (χ3n) is 1.35. The second kappa shape index (κ2) is 5.21. The van der Waals surface area contributed by atoms with Crippen molar-refractivity contribution in [3.8, 4) is 0 Å². The van der Waals surface area contributed by atoms with Crippen LogP contribution in [0.4, 0.5) is 5.69 Å². The summed E-state index contributed by atoms with van der Waals surface area (Å²) in [6.45, 7) is 0. The van der Waals surface area contributed by atoms with Crippen molar-refractivity contribution in [1.29, 1.82) is 0 Å². The van der Waals surface area contributed by atoms with Crippen molar-refractivity contribution in [2.24, 2.45) is 4.99 Å². The Kier molecular flexibility index (Phi) is 3.91. The van der Waals surface area contributed by atoms with Crippen LogP contribution in [0.2, 0.25) is 0 Å². The number of benzene rings is 1. The summed E-state index contributed by atoms with van der Waals surface area (Å²) in [5, 5.41) is 8.44. The highest BCUT2D eigenvalue weighted by molar-refractivity contribution is 8.00. The molecule has 0 saturated carbocycles. The van der Waals surface area contributed by atoms with Gasteiger partial charge in [-0.05, 0) is 18.2 Å². The Balaban J connectivity index is 2.73. The molecule has 0 amide bonds. The average molecular weight is 209 g/mol. The van der Waals surface area contributed by atoms with Gasteiger partial charge in [0.05, 0.1) is 11.4 Å². The van der Waals surface area contributed by atoms with Crippen LogP contribution in [0.15, 0.2) is 34.2 Å². The van der Waals surface area contributed by atoms with Crippen LogP contribution in [0.1, 0.15) is 0 Å². The second-order valence-corrected chi connectivity index (χ2v) is 3.43. The van der Waals surface area contributed by atoms with E-state index in [4.69, 9.17) is 5.11 Å². The number of hydrogen-bond acceptors (Lipinski definition) is 4. The highest BCUT2D eigenvalue weighted by Crippen LogP contribution is 2.22. The Morgan fingerprint density at radius 2 is 2.36 bits per heavy atom. The normalized spacial score (nSPS) is 9.14. The minimum Gasteiger partial charge on any atom is -0.481 e. The first kappa shape index (κ1) is 10.5. The lowest BCUT2D eigenvalue weighted by Crippen LogP contribution is -1.96. The third-order valence-corrected chi connectivity index (χ3v) is 2.33. The molecule has 0 radical (unpaired) electrons. The van der Waals surface area contributed by atoms with E-state index in [0.717, 1.165) is 4.90 Å². The SMILES string of the molecule is O=C=Nc1cccc(SCC(=O)O)c1. The summed E-state index contributed by atoms with van der Waals surface area (Å²) >= 11 is 1.18. The number of hydrogen-bond donors (Lipinski definition) is 1. The van der Waals surface area contributed by atoms with E-state index in [1.165, 1.54) is 17.8 Å². The summed E-state index contributed by atoms with van der Waals surface area (Å²) in [5.41, 5.74) is 0.482. The zero-order valence-corrected chi connectivity index (χ0v) is 7.95. The lowest BCUT2D eigenvalue weighted by Gasteiger charge is -1.98. The second-order valence-electron chi connectivity index (χ2n) is 2.38. The van der Waals surface area contributed by atoms with Gasteiger partial charge in [-0.1, -0.05) is 6.07 Å². The zero-order valence-electron chi connectivity index (χ0n) is 7.14. The van der Waals surface area contributed by atoms with Gasteiger partial charge in [-0.15, -0.1) is 11.8 Å². The predicted octanol–water partition coefficient (Wildman–Crippen LogP) is 1.83. The summed E-state index contributed by atoms with van der Waals surface area (Å²) < 4.78 is 0. The molecule has 0 aliphatic heterocycles. The molecule has 0 aromatic heterocycles. The number of aliphatic imine (C=N–C) groups is 1. The van der Waals surface area contributed by atoms with Crippen molar-refractivity contribution in [2.75, 3.05) is 5.75 Å². The molecule has 1 aromatic rings. The molecule has 0 fully saturated rings. The van der Waals surface area contributed by atoms with Gasteiger partial charge in [0.2, 0.25) is 6.08 Å². The monoisotopic (exact) mass is 209 g/mol. The number of thioether (sulfide) groups is 1. The summed E-state index contributed by atoms with van der Waals surface area (Å²) in [7, 11) is 0. The molecule has 0 heterocycles. The van der Waals surface area contributed by atoms with Gasteiger partial charge in [0, 0.05) is 4.90 Å². The van der Waals surface area contributed by atoms with E-state index in [1.54, 1.807) is 24.3 Å². The lowest BCUT2D eigenvalue weighted by molar-refractivity contribution is -0.133. The molecule has 0 saturated heterocycles. The molecule has 0 spiro atoms. The van der Waals surface area contributed by atoms with Gasteiger partial charge in [0.25, 0.3) is 0 Å². The Morgan fingerprint density at radius 1 is 1.57 bits per heavy atom. The number of carboxylic acid groups (broad SMARTS) is 1. The van der Waals surface area contributed by atoms with Crippen molar-refractivity contribution >= 4 is 29.5 Å². The standard InChI is InChI=1S/C9H7NO3S/c11-6-10-7-2-1-3-8(4-7)14-5-9(12)13/h1-4H,5H2,(H,12,13). The third kappa shape index (κ3) is 3.43. The van der Waals surface area contributed by atoms with Crippen molar-refractivity contribution in [3.05, 3.63) is 24.3 Å². The number of carbonyl (C=O) groups excluding carboxylic acids is 1. The number of nitrogens with zero attached hydrogens (tertiary/aromatic N) is 1. The van der Waals surface area contributed by atoms with Crippen molar-refractivity contribution in [1.82, 2.24) is 0 Å². The van der Waals surface area contributed by atoms with E-state index in [0.29, 0.717) is 5.69 Å². The smallest absolute Gasteiger partial charge is 0.313 e. The van der Waals surface area contributed by atoms with Gasteiger partial charge in [-0.25, -0.2) is 4.79 Å². The van der Waals surface area contributed by atoms with Gasteiger partial charge >= 0.3 is 5.97 Å². The largest absolute Gasteiger partial charge is 0.481 e. The van der Waals surface area contributed by atoms with Crippen LogP contribution >= 0.6 is 11.8 Å². The molecule has 0 atom stereocenters. The van der Waals surface area contributed by atoms with Crippen molar-refractivity contribution in [2.45, 2.75) is 4.90 Å². The molecule has 0 unspecified atom stereocenters. The summed E-state index contributed by atoms with van der Waals surface area (Å²) in [6, 6.07) is 6.76. The van der Waals surface area contributed by atoms with Gasteiger partial charge in [0.15, 0.2) is 0 Å². The first-order chi connectivity index (χ1) is 6.72. The molecule has 0 aliphatic rings. The van der Waals surface area contributed by atoms with E-state index >= 15 is 0 Å². The minimum absolute atomic E-state index is 0.00570. The zero-order chi connectivity index (χ0) is 10.4. The number of carboxylic acids is 1. The highest BCUT2D eigenvalue weighted by atomic mass is 32.2. The first-order valence-corrected chi connectivity index (χ1v) is 4.73. The molecule has 1 aromatic carbocycles. The molecule has 0 aliphatic carbocycles. The summed E-state index contributed by atoms with van der Waals surface area (Å²) in [6.07, 6.45) is 1.43. The van der Waals surface area contributed by atoms with E-state index in [-0.39, 0.29) is 5.75 Å². The van der Waals surface area contributed by atoms with Crippen LogP contribution in [0.25, 0.3) is 0 Å². The average Bonchev–Trinajstić information content (AvgIpc) is 2.16. The number of carbonyl (C=O) groups is 1. The summed E-state index contributed by atoms with van der Waals surface area (Å²) in [5.74, 6) is -0.881. The Labute approximate surface area is 84.7 Å². The predicted molar refractivity (Wildman–Crippen MR) is 52.6 cm³/mol. The van der Waals surface area contributed by atoms with Gasteiger partial charge in [0.1, 0.15) is 0 Å². The number of rotatable bonds is 4. The molecular formula is C9H7NO3S. The van der Waals surface area contributed by atoms with E-state index in [2.05, 4.69) is 4.99 Å². The van der Waals surface area contributed by atoms with Crippen molar-refractivity contribution in [3.63, 3.8) is 0 Å². The maximum Gasteiger partial charge on any atom is 0.313 e. The molecule has 5 heteroatoms. The first-order valence-electron chi connectivity index (χ1n) is 3.75. The van der Waals surface area contributed by atoms with Crippen molar-refractivity contribution < 1.29 is 14.7 Å². The Morgan fingerprint density at radius 3 is 3.00 bits per heavy atom. The van der Waals surface area contributed by atoms with Crippen LogP contribution in [-0.4, -0.2) is 22.9 Å². The molecule has 1 N–H and O–H groups in total. The summed E-state index contributed by atoms with van der Waals surface area (Å²) in [4.78, 5) is 24.4. The van der Waals surface area contributed by atoms with Gasteiger partial charge in [-0.2, -0.15) is 4.99 Å².